The van der Waals surface area contributed by atoms with Crippen molar-refractivity contribution in [2.45, 2.75) is 32.6 Å². The molecule has 6 heteroatoms. The van der Waals surface area contributed by atoms with Gasteiger partial charge in [0.05, 0.1) is 5.01 Å². The summed E-state index contributed by atoms with van der Waals surface area (Å²) in [4.78, 5) is 25.8. The lowest BCUT2D eigenvalue weighted by Gasteiger charge is -2.02. The summed E-state index contributed by atoms with van der Waals surface area (Å²) >= 11 is 1.58. The molecular weight excluding hydrogens is 240 g/mol. The van der Waals surface area contributed by atoms with Gasteiger partial charge in [-0.05, 0) is 13.3 Å². The molecule has 1 heterocycles. The van der Waals surface area contributed by atoms with E-state index < -0.39 is 5.97 Å². The van der Waals surface area contributed by atoms with Crippen LogP contribution in [0.3, 0.4) is 0 Å². The number of hydrogen-bond donors (Lipinski definition) is 2. The second-order valence-corrected chi connectivity index (χ2v) is 4.67. The number of carbonyl (C=O) groups excluding carboxylic acids is 1. The van der Waals surface area contributed by atoms with Gasteiger partial charge in [-0.25, -0.2) is 4.98 Å². The SMILES string of the molecule is Cc1csc(CCNC(=O)CCCC(=O)O)n1. The minimum Gasteiger partial charge on any atom is -0.481 e. The third kappa shape index (κ3) is 6.01. The highest BCUT2D eigenvalue weighted by Gasteiger charge is 2.04. The summed E-state index contributed by atoms with van der Waals surface area (Å²) in [7, 11) is 0. The quantitative estimate of drug-likeness (QED) is 0.772. The fourth-order valence-corrected chi connectivity index (χ4v) is 2.09. The number of carbonyl (C=O) groups is 2. The molecule has 0 saturated carbocycles. The highest BCUT2D eigenvalue weighted by molar-refractivity contribution is 7.09. The maximum Gasteiger partial charge on any atom is 0.303 e. The lowest BCUT2D eigenvalue weighted by molar-refractivity contribution is -0.137. The molecule has 0 atom stereocenters. The van der Waals surface area contributed by atoms with Crippen molar-refractivity contribution in [2.75, 3.05) is 6.54 Å². The third-order valence-electron chi connectivity index (χ3n) is 2.12. The van der Waals surface area contributed by atoms with Gasteiger partial charge in [0, 0.05) is 36.9 Å². The standard InChI is InChI=1S/C11H16N2O3S/c1-8-7-17-10(13-8)5-6-12-9(14)3-2-4-11(15)16/h7H,2-6H2,1H3,(H,12,14)(H,15,16). The number of aliphatic carboxylic acids is 1. The Hall–Kier alpha value is -1.43. The summed E-state index contributed by atoms with van der Waals surface area (Å²) in [6.07, 6.45) is 1.42. The van der Waals surface area contributed by atoms with E-state index in [9.17, 15) is 9.59 Å². The highest BCUT2D eigenvalue weighted by Crippen LogP contribution is 2.08. The number of carboxylic acids is 1. The second-order valence-electron chi connectivity index (χ2n) is 3.73. The zero-order valence-electron chi connectivity index (χ0n) is 9.73. The molecule has 0 aliphatic heterocycles. The van der Waals surface area contributed by atoms with Crippen LogP contribution in [0.15, 0.2) is 5.38 Å². The molecule has 0 aromatic carbocycles. The molecule has 17 heavy (non-hydrogen) atoms. The van der Waals surface area contributed by atoms with Crippen LogP contribution >= 0.6 is 11.3 Å². The van der Waals surface area contributed by atoms with E-state index in [1.54, 1.807) is 11.3 Å². The van der Waals surface area contributed by atoms with Crippen molar-refractivity contribution in [3.8, 4) is 0 Å². The van der Waals surface area contributed by atoms with E-state index in [0.29, 0.717) is 13.0 Å². The molecule has 1 aromatic rings. The van der Waals surface area contributed by atoms with E-state index in [4.69, 9.17) is 5.11 Å². The molecule has 0 aliphatic rings. The van der Waals surface area contributed by atoms with Crippen LogP contribution in [0.4, 0.5) is 0 Å². The first kappa shape index (κ1) is 13.6. The Morgan fingerprint density at radius 2 is 2.24 bits per heavy atom. The van der Waals surface area contributed by atoms with E-state index in [-0.39, 0.29) is 18.7 Å². The largest absolute Gasteiger partial charge is 0.481 e. The molecule has 0 spiro atoms. The van der Waals surface area contributed by atoms with Gasteiger partial charge < -0.3 is 10.4 Å². The number of carboxylic acid groups (broad SMARTS) is 1. The molecule has 5 nitrogen and oxygen atoms in total. The van der Waals surface area contributed by atoms with Crippen molar-refractivity contribution in [3.63, 3.8) is 0 Å². The fourth-order valence-electron chi connectivity index (χ4n) is 1.31. The molecule has 0 bridgehead atoms. The van der Waals surface area contributed by atoms with Gasteiger partial charge in [0.15, 0.2) is 0 Å². The minimum atomic E-state index is -0.865. The van der Waals surface area contributed by atoms with Crippen LogP contribution in [-0.4, -0.2) is 28.5 Å². The maximum absolute atomic E-state index is 11.3. The number of nitrogens with zero attached hydrogens (tertiary/aromatic N) is 1. The topological polar surface area (TPSA) is 79.3 Å². The van der Waals surface area contributed by atoms with Crippen molar-refractivity contribution in [3.05, 3.63) is 16.1 Å². The highest BCUT2D eigenvalue weighted by atomic mass is 32.1. The van der Waals surface area contributed by atoms with Crippen LogP contribution in [0.5, 0.6) is 0 Å². The van der Waals surface area contributed by atoms with Crippen LogP contribution in [-0.2, 0) is 16.0 Å². The zero-order valence-corrected chi connectivity index (χ0v) is 10.5. The van der Waals surface area contributed by atoms with Crippen molar-refractivity contribution < 1.29 is 14.7 Å². The number of amides is 1. The first-order chi connectivity index (χ1) is 8.08. The first-order valence-electron chi connectivity index (χ1n) is 5.47. The summed E-state index contributed by atoms with van der Waals surface area (Å²) in [6, 6.07) is 0. The molecule has 0 saturated heterocycles. The fraction of sp³-hybridized carbons (Fsp3) is 0.545. The number of rotatable bonds is 7. The summed E-state index contributed by atoms with van der Waals surface area (Å²) in [5.74, 6) is -0.962. The van der Waals surface area contributed by atoms with E-state index in [1.165, 1.54) is 0 Å². The van der Waals surface area contributed by atoms with Crippen molar-refractivity contribution in [2.24, 2.45) is 0 Å². The molecule has 0 aliphatic carbocycles. The number of hydrogen-bond acceptors (Lipinski definition) is 4. The Labute approximate surface area is 104 Å². The van der Waals surface area contributed by atoms with Gasteiger partial charge >= 0.3 is 5.97 Å². The van der Waals surface area contributed by atoms with Crippen LogP contribution in [0.25, 0.3) is 0 Å². The number of aryl methyl sites for hydroxylation is 1. The van der Waals surface area contributed by atoms with Gasteiger partial charge in [0.1, 0.15) is 0 Å². The van der Waals surface area contributed by atoms with Crippen molar-refractivity contribution in [1.29, 1.82) is 0 Å². The van der Waals surface area contributed by atoms with Gasteiger partial charge in [-0.1, -0.05) is 0 Å². The maximum atomic E-state index is 11.3. The molecule has 1 amide bonds. The van der Waals surface area contributed by atoms with Crippen LogP contribution in [0.1, 0.15) is 30.0 Å². The predicted octanol–water partition coefficient (Wildman–Crippen LogP) is 1.37. The first-order valence-corrected chi connectivity index (χ1v) is 6.35. The predicted molar refractivity (Wildman–Crippen MR) is 65.1 cm³/mol. The Kier molecular flexibility index (Phi) is 5.62. The number of thiazole rings is 1. The monoisotopic (exact) mass is 256 g/mol. The van der Waals surface area contributed by atoms with Crippen LogP contribution in [0, 0.1) is 6.92 Å². The number of aromatic nitrogens is 1. The Morgan fingerprint density at radius 3 is 2.82 bits per heavy atom. The van der Waals surface area contributed by atoms with Gasteiger partial charge in [0.25, 0.3) is 0 Å². The van der Waals surface area contributed by atoms with Gasteiger partial charge in [-0.15, -0.1) is 11.3 Å². The Bertz CT molecular complexity index is 390. The van der Waals surface area contributed by atoms with Crippen molar-refractivity contribution in [1.82, 2.24) is 10.3 Å². The van der Waals surface area contributed by atoms with Gasteiger partial charge in [0.2, 0.25) is 5.91 Å². The Morgan fingerprint density at radius 1 is 1.47 bits per heavy atom. The summed E-state index contributed by atoms with van der Waals surface area (Å²) < 4.78 is 0. The van der Waals surface area contributed by atoms with Crippen LogP contribution < -0.4 is 5.32 Å². The average Bonchev–Trinajstić information content (AvgIpc) is 2.63. The summed E-state index contributed by atoms with van der Waals surface area (Å²) in [5, 5.41) is 14.1. The molecule has 0 fully saturated rings. The van der Waals surface area contributed by atoms with Gasteiger partial charge in [-0.3, -0.25) is 9.59 Å². The van der Waals surface area contributed by atoms with Gasteiger partial charge in [-0.2, -0.15) is 0 Å². The average molecular weight is 256 g/mol. The third-order valence-corrected chi connectivity index (χ3v) is 3.15. The van der Waals surface area contributed by atoms with Crippen LogP contribution in [0.2, 0.25) is 0 Å². The second kappa shape index (κ2) is 7.01. The van der Waals surface area contributed by atoms with E-state index >= 15 is 0 Å². The lowest BCUT2D eigenvalue weighted by atomic mass is 10.2. The summed E-state index contributed by atoms with van der Waals surface area (Å²) in [5.41, 5.74) is 0.998. The molecular formula is C11H16N2O3S. The summed E-state index contributed by atoms with van der Waals surface area (Å²) in [6.45, 7) is 2.49. The smallest absolute Gasteiger partial charge is 0.303 e. The van der Waals surface area contributed by atoms with Crippen molar-refractivity contribution >= 4 is 23.2 Å². The minimum absolute atomic E-state index is 0.0408. The molecule has 0 radical (unpaired) electrons. The lowest BCUT2D eigenvalue weighted by Crippen LogP contribution is -2.25. The Balaban J connectivity index is 2.10. The number of nitrogens with one attached hydrogen (secondary N) is 1. The normalized spacial score (nSPS) is 10.2. The molecule has 1 rings (SSSR count). The zero-order chi connectivity index (χ0) is 12.7. The molecule has 94 valence electrons. The van der Waals surface area contributed by atoms with E-state index in [1.807, 2.05) is 12.3 Å². The molecule has 0 unspecified atom stereocenters. The molecule has 2 N–H and O–H groups in total. The van der Waals surface area contributed by atoms with E-state index in [0.717, 1.165) is 17.1 Å². The van der Waals surface area contributed by atoms with E-state index in [2.05, 4.69) is 10.3 Å². The molecule has 1 aromatic heterocycles.